The van der Waals surface area contributed by atoms with Crippen molar-refractivity contribution in [3.63, 3.8) is 0 Å². The van der Waals surface area contributed by atoms with Crippen LogP contribution >= 0.6 is 11.6 Å². The summed E-state index contributed by atoms with van der Waals surface area (Å²) in [5.41, 5.74) is -0.174. The fourth-order valence-electron chi connectivity index (χ4n) is 1.42. The SMILES string of the molecule is O=S(=O)(F)c1ccccc1C(O)C(O)CCCl. The molecule has 4 nitrogen and oxygen atoms in total. The first-order valence-electron chi connectivity index (χ1n) is 4.83. The van der Waals surface area contributed by atoms with Gasteiger partial charge in [0.1, 0.15) is 11.0 Å². The molecule has 1 aromatic carbocycles. The number of halogens is 2. The second kappa shape index (κ2) is 5.77. The van der Waals surface area contributed by atoms with Crippen LogP contribution in [0, 0.1) is 0 Å². The van der Waals surface area contributed by atoms with Gasteiger partial charge >= 0.3 is 10.2 Å². The third-order valence-corrected chi connectivity index (χ3v) is 3.39. The lowest BCUT2D eigenvalue weighted by atomic mass is 10.0. The molecule has 7 heteroatoms. The number of benzene rings is 1. The van der Waals surface area contributed by atoms with E-state index in [4.69, 9.17) is 11.6 Å². The van der Waals surface area contributed by atoms with E-state index in [1.54, 1.807) is 0 Å². The van der Waals surface area contributed by atoms with Gasteiger partial charge in [-0.1, -0.05) is 18.2 Å². The molecular weight excluding hydrogens is 271 g/mol. The molecule has 0 bridgehead atoms. The van der Waals surface area contributed by atoms with Gasteiger partial charge < -0.3 is 10.2 Å². The Kier molecular flexibility index (Phi) is 4.88. The minimum atomic E-state index is -4.93. The van der Waals surface area contributed by atoms with E-state index >= 15 is 0 Å². The zero-order valence-electron chi connectivity index (χ0n) is 8.75. The monoisotopic (exact) mass is 282 g/mol. The Morgan fingerprint density at radius 2 is 1.88 bits per heavy atom. The molecule has 0 saturated heterocycles. The van der Waals surface area contributed by atoms with Gasteiger partial charge in [-0.15, -0.1) is 15.5 Å². The minimum absolute atomic E-state index is 0.0728. The van der Waals surface area contributed by atoms with Gasteiger partial charge in [0, 0.05) is 11.4 Å². The van der Waals surface area contributed by atoms with Crippen LogP contribution in [0.2, 0.25) is 0 Å². The number of aliphatic hydroxyl groups excluding tert-OH is 2. The Morgan fingerprint density at radius 3 is 2.41 bits per heavy atom. The Bertz CT molecular complexity index is 477. The molecule has 0 amide bonds. The summed E-state index contributed by atoms with van der Waals surface area (Å²) in [7, 11) is -4.93. The van der Waals surface area contributed by atoms with Crippen molar-refractivity contribution in [3.05, 3.63) is 29.8 Å². The van der Waals surface area contributed by atoms with Crippen LogP contribution in [-0.2, 0) is 10.2 Å². The van der Waals surface area contributed by atoms with Gasteiger partial charge in [-0.3, -0.25) is 0 Å². The van der Waals surface area contributed by atoms with Crippen molar-refractivity contribution < 1.29 is 22.5 Å². The molecule has 0 aliphatic carbocycles. The van der Waals surface area contributed by atoms with Gasteiger partial charge in [0.2, 0.25) is 0 Å². The largest absolute Gasteiger partial charge is 0.390 e. The third-order valence-electron chi connectivity index (χ3n) is 2.27. The molecule has 2 unspecified atom stereocenters. The normalized spacial score (nSPS) is 15.5. The molecule has 0 aromatic heterocycles. The van der Waals surface area contributed by atoms with Gasteiger partial charge in [-0.05, 0) is 12.5 Å². The van der Waals surface area contributed by atoms with Gasteiger partial charge in [-0.2, -0.15) is 8.42 Å². The van der Waals surface area contributed by atoms with E-state index in [0.29, 0.717) is 0 Å². The topological polar surface area (TPSA) is 74.6 Å². The van der Waals surface area contributed by atoms with E-state index in [1.165, 1.54) is 18.2 Å². The van der Waals surface area contributed by atoms with Crippen LogP contribution < -0.4 is 0 Å². The lowest BCUT2D eigenvalue weighted by Gasteiger charge is -2.18. The summed E-state index contributed by atoms with van der Waals surface area (Å²) in [6.07, 6.45) is -2.66. The van der Waals surface area contributed by atoms with Crippen molar-refractivity contribution in [1.82, 2.24) is 0 Å². The van der Waals surface area contributed by atoms with E-state index in [2.05, 4.69) is 0 Å². The molecule has 1 aromatic rings. The van der Waals surface area contributed by atoms with Gasteiger partial charge in [0.05, 0.1) is 6.10 Å². The first-order valence-corrected chi connectivity index (χ1v) is 6.75. The number of hydrogen-bond donors (Lipinski definition) is 2. The highest BCUT2D eigenvalue weighted by molar-refractivity contribution is 7.86. The lowest BCUT2D eigenvalue weighted by molar-refractivity contribution is 0.0153. The van der Waals surface area contributed by atoms with Crippen LogP contribution in [0.3, 0.4) is 0 Å². The molecule has 0 spiro atoms. The van der Waals surface area contributed by atoms with Crippen molar-refractivity contribution in [2.45, 2.75) is 23.5 Å². The maximum atomic E-state index is 12.9. The second-order valence-electron chi connectivity index (χ2n) is 3.47. The molecule has 0 fully saturated rings. The zero-order valence-corrected chi connectivity index (χ0v) is 10.3. The standard InChI is InChI=1S/C10H12ClFO4S/c11-6-5-8(13)10(14)7-3-1-2-4-9(7)17(12,15)16/h1-4,8,10,13-14H,5-6H2. The maximum absolute atomic E-state index is 12.9. The number of hydrogen-bond acceptors (Lipinski definition) is 4. The summed E-state index contributed by atoms with van der Waals surface area (Å²) in [6, 6.07) is 5.05. The lowest BCUT2D eigenvalue weighted by Crippen LogP contribution is -2.20. The predicted molar refractivity (Wildman–Crippen MR) is 61.0 cm³/mol. The van der Waals surface area contributed by atoms with Crippen LogP contribution in [0.25, 0.3) is 0 Å². The molecule has 2 N–H and O–H groups in total. The molecule has 17 heavy (non-hydrogen) atoms. The van der Waals surface area contributed by atoms with Crippen LogP contribution in [0.15, 0.2) is 29.2 Å². The summed E-state index contributed by atoms with van der Waals surface area (Å²) in [4.78, 5) is -0.638. The van der Waals surface area contributed by atoms with Gasteiger partial charge in [0.15, 0.2) is 0 Å². The first-order chi connectivity index (χ1) is 7.88. The highest BCUT2D eigenvalue weighted by Crippen LogP contribution is 2.27. The number of alkyl halides is 1. The second-order valence-corrected chi connectivity index (χ2v) is 5.16. The van der Waals surface area contributed by atoms with E-state index < -0.39 is 27.3 Å². The van der Waals surface area contributed by atoms with Crippen LogP contribution in [0.1, 0.15) is 18.1 Å². The Labute approximate surface area is 104 Å². The fraction of sp³-hybridized carbons (Fsp3) is 0.400. The summed E-state index contributed by atoms with van der Waals surface area (Å²) in [5.74, 6) is 0.1000. The van der Waals surface area contributed by atoms with E-state index in [1.807, 2.05) is 0 Å². The molecule has 2 atom stereocenters. The average molecular weight is 283 g/mol. The smallest absolute Gasteiger partial charge is 0.332 e. The summed E-state index contributed by atoms with van der Waals surface area (Å²) >= 11 is 5.39. The minimum Gasteiger partial charge on any atom is -0.390 e. The molecular formula is C10H12ClFO4S. The average Bonchev–Trinajstić information content (AvgIpc) is 2.27. The molecule has 0 radical (unpaired) electrons. The summed E-state index contributed by atoms with van der Waals surface area (Å²) < 4.78 is 34.7. The highest BCUT2D eigenvalue weighted by Gasteiger charge is 2.25. The van der Waals surface area contributed by atoms with Crippen molar-refractivity contribution in [1.29, 1.82) is 0 Å². The van der Waals surface area contributed by atoms with E-state index in [-0.39, 0.29) is 17.9 Å². The van der Waals surface area contributed by atoms with Crippen molar-refractivity contribution in [2.75, 3.05) is 5.88 Å². The highest BCUT2D eigenvalue weighted by atomic mass is 35.5. The molecule has 0 heterocycles. The Morgan fingerprint density at radius 1 is 1.29 bits per heavy atom. The maximum Gasteiger partial charge on any atom is 0.332 e. The van der Waals surface area contributed by atoms with Gasteiger partial charge in [0.25, 0.3) is 0 Å². The van der Waals surface area contributed by atoms with E-state index in [9.17, 15) is 22.5 Å². The van der Waals surface area contributed by atoms with Crippen LogP contribution in [0.5, 0.6) is 0 Å². The molecule has 0 aliphatic heterocycles. The van der Waals surface area contributed by atoms with Crippen molar-refractivity contribution in [2.24, 2.45) is 0 Å². The van der Waals surface area contributed by atoms with Crippen LogP contribution in [-0.4, -0.2) is 30.6 Å². The van der Waals surface area contributed by atoms with E-state index in [0.717, 1.165) is 6.07 Å². The van der Waals surface area contributed by atoms with Crippen LogP contribution in [0.4, 0.5) is 3.89 Å². The zero-order chi connectivity index (χ0) is 13.1. The molecule has 0 saturated carbocycles. The Hall–Kier alpha value is -0.690. The summed E-state index contributed by atoms with van der Waals surface area (Å²) in [5, 5.41) is 19.2. The van der Waals surface area contributed by atoms with Gasteiger partial charge in [-0.25, -0.2) is 0 Å². The number of aliphatic hydroxyl groups is 2. The van der Waals surface area contributed by atoms with Crippen molar-refractivity contribution in [3.8, 4) is 0 Å². The molecule has 0 aliphatic rings. The van der Waals surface area contributed by atoms with Crippen molar-refractivity contribution >= 4 is 21.8 Å². The molecule has 1 rings (SSSR count). The Balaban J connectivity index is 3.14. The summed E-state index contributed by atoms with van der Waals surface area (Å²) in [6.45, 7) is 0. The first kappa shape index (κ1) is 14.4. The molecule has 96 valence electrons. The fourth-order valence-corrected chi connectivity index (χ4v) is 2.36. The quantitative estimate of drug-likeness (QED) is 0.632. The predicted octanol–water partition coefficient (Wildman–Crippen LogP) is 1.37. The number of rotatable bonds is 5. The third kappa shape index (κ3) is 3.64.